The van der Waals surface area contributed by atoms with E-state index in [2.05, 4.69) is 0 Å². The molecule has 0 amide bonds. The molecular weight excluding hydrogens is 328 g/mol. The molecule has 0 saturated heterocycles. The van der Waals surface area contributed by atoms with Gasteiger partial charge in [0.05, 0.1) is 7.11 Å². The second-order valence-corrected chi connectivity index (χ2v) is 6.36. The van der Waals surface area contributed by atoms with Gasteiger partial charge in [-0.3, -0.25) is 4.72 Å². The second kappa shape index (κ2) is 6.93. The van der Waals surface area contributed by atoms with Crippen LogP contribution in [0.25, 0.3) is 0 Å². The SMILES string of the molecule is COc1ccc(C(O)c2cccc(NS(=O)(=O)C(F)F)c2)cc1. The lowest BCUT2D eigenvalue weighted by Gasteiger charge is -2.14. The van der Waals surface area contributed by atoms with Crippen molar-refractivity contribution in [1.82, 2.24) is 0 Å². The highest BCUT2D eigenvalue weighted by molar-refractivity contribution is 7.93. The summed E-state index contributed by atoms with van der Waals surface area (Å²) in [6.45, 7) is 0. The molecule has 1 unspecified atom stereocenters. The summed E-state index contributed by atoms with van der Waals surface area (Å²) in [5.74, 6) is -2.91. The van der Waals surface area contributed by atoms with E-state index in [1.807, 2.05) is 0 Å². The van der Waals surface area contributed by atoms with E-state index in [0.717, 1.165) is 0 Å². The van der Waals surface area contributed by atoms with Gasteiger partial charge in [-0.2, -0.15) is 8.78 Å². The smallest absolute Gasteiger partial charge is 0.355 e. The third kappa shape index (κ3) is 4.17. The van der Waals surface area contributed by atoms with Crippen molar-refractivity contribution >= 4 is 15.7 Å². The number of anilines is 1. The van der Waals surface area contributed by atoms with Crippen LogP contribution in [-0.4, -0.2) is 26.4 Å². The van der Waals surface area contributed by atoms with Gasteiger partial charge in [-0.25, -0.2) is 8.42 Å². The Labute approximate surface area is 132 Å². The molecule has 2 aromatic carbocycles. The van der Waals surface area contributed by atoms with Gasteiger partial charge in [0, 0.05) is 5.69 Å². The molecular formula is C15H15F2NO4S. The highest BCUT2D eigenvalue weighted by Crippen LogP contribution is 2.26. The van der Waals surface area contributed by atoms with Gasteiger partial charge in [0.2, 0.25) is 0 Å². The first-order chi connectivity index (χ1) is 10.8. The van der Waals surface area contributed by atoms with Crippen LogP contribution in [0.1, 0.15) is 17.2 Å². The molecule has 2 aromatic rings. The van der Waals surface area contributed by atoms with Crippen LogP contribution in [0.5, 0.6) is 5.75 Å². The van der Waals surface area contributed by atoms with Gasteiger partial charge < -0.3 is 9.84 Å². The third-order valence-electron chi connectivity index (χ3n) is 3.13. The van der Waals surface area contributed by atoms with E-state index in [1.54, 1.807) is 35.1 Å². The number of benzene rings is 2. The van der Waals surface area contributed by atoms with Crippen molar-refractivity contribution in [2.75, 3.05) is 11.8 Å². The summed E-state index contributed by atoms with van der Waals surface area (Å²) in [6, 6.07) is 12.3. The molecule has 0 saturated carbocycles. The minimum atomic E-state index is -4.75. The number of hydrogen-bond donors (Lipinski definition) is 2. The molecule has 0 radical (unpaired) electrons. The Hall–Kier alpha value is -2.19. The molecule has 0 aliphatic carbocycles. The number of sulfonamides is 1. The quantitative estimate of drug-likeness (QED) is 0.846. The van der Waals surface area contributed by atoms with E-state index in [-0.39, 0.29) is 5.69 Å². The predicted octanol–water partition coefficient (Wildman–Crippen LogP) is 2.74. The summed E-state index contributed by atoms with van der Waals surface area (Å²) >= 11 is 0. The van der Waals surface area contributed by atoms with Crippen LogP contribution in [-0.2, 0) is 10.0 Å². The highest BCUT2D eigenvalue weighted by atomic mass is 32.2. The average molecular weight is 343 g/mol. The first kappa shape index (κ1) is 17.2. The number of aliphatic hydroxyl groups excluding tert-OH is 1. The Balaban J connectivity index is 2.24. The molecule has 0 fully saturated rings. The molecule has 0 bridgehead atoms. The number of methoxy groups -OCH3 is 1. The highest BCUT2D eigenvalue weighted by Gasteiger charge is 2.24. The lowest BCUT2D eigenvalue weighted by atomic mass is 10.0. The van der Waals surface area contributed by atoms with Crippen LogP contribution in [0, 0.1) is 0 Å². The van der Waals surface area contributed by atoms with Gasteiger partial charge in [0.15, 0.2) is 0 Å². The van der Waals surface area contributed by atoms with Crippen molar-refractivity contribution in [2.45, 2.75) is 11.9 Å². The van der Waals surface area contributed by atoms with E-state index >= 15 is 0 Å². The van der Waals surface area contributed by atoms with Crippen molar-refractivity contribution in [1.29, 1.82) is 0 Å². The van der Waals surface area contributed by atoms with Crippen molar-refractivity contribution in [3.8, 4) is 5.75 Å². The number of hydrogen-bond acceptors (Lipinski definition) is 4. The molecule has 0 aromatic heterocycles. The lowest BCUT2D eigenvalue weighted by molar-refractivity contribution is 0.220. The molecule has 23 heavy (non-hydrogen) atoms. The summed E-state index contributed by atoms with van der Waals surface area (Å²) in [6.07, 6.45) is -1.03. The monoisotopic (exact) mass is 343 g/mol. The van der Waals surface area contributed by atoms with Crippen molar-refractivity contribution in [2.24, 2.45) is 0 Å². The molecule has 1 atom stereocenters. The third-order valence-corrected chi connectivity index (χ3v) is 4.12. The maximum absolute atomic E-state index is 12.4. The fourth-order valence-electron chi connectivity index (χ4n) is 1.96. The van der Waals surface area contributed by atoms with Crippen LogP contribution in [0.15, 0.2) is 48.5 Å². The first-order valence-electron chi connectivity index (χ1n) is 6.55. The number of alkyl halides is 2. The lowest BCUT2D eigenvalue weighted by Crippen LogP contribution is -2.20. The molecule has 0 aliphatic heterocycles. The van der Waals surface area contributed by atoms with Crippen LogP contribution in [0.3, 0.4) is 0 Å². The number of nitrogens with one attached hydrogen (secondary N) is 1. The van der Waals surface area contributed by atoms with Crippen molar-refractivity contribution in [3.05, 3.63) is 59.7 Å². The van der Waals surface area contributed by atoms with E-state index < -0.39 is 21.9 Å². The minimum Gasteiger partial charge on any atom is -0.497 e. The fourth-order valence-corrected chi connectivity index (χ4v) is 2.50. The zero-order valence-corrected chi connectivity index (χ0v) is 12.9. The van der Waals surface area contributed by atoms with Gasteiger partial charge in [-0.05, 0) is 35.4 Å². The van der Waals surface area contributed by atoms with Crippen LogP contribution >= 0.6 is 0 Å². The number of ether oxygens (including phenoxy) is 1. The molecule has 124 valence electrons. The predicted molar refractivity (Wildman–Crippen MR) is 82.0 cm³/mol. The molecule has 0 aliphatic rings. The molecule has 5 nitrogen and oxygen atoms in total. The van der Waals surface area contributed by atoms with Gasteiger partial charge >= 0.3 is 5.76 Å². The van der Waals surface area contributed by atoms with E-state index in [4.69, 9.17) is 4.74 Å². The standard InChI is InChI=1S/C15H15F2NO4S/c1-22-13-7-5-10(6-8-13)14(19)11-3-2-4-12(9-11)18-23(20,21)15(16)17/h2-9,14-15,18-19H,1H3. The Morgan fingerprint density at radius 2 is 1.74 bits per heavy atom. The van der Waals surface area contributed by atoms with Gasteiger partial charge in [-0.1, -0.05) is 24.3 Å². The van der Waals surface area contributed by atoms with Crippen LogP contribution in [0.2, 0.25) is 0 Å². The van der Waals surface area contributed by atoms with Crippen LogP contribution in [0.4, 0.5) is 14.5 Å². The van der Waals surface area contributed by atoms with Gasteiger partial charge in [0.25, 0.3) is 10.0 Å². The maximum atomic E-state index is 12.4. The zero-order valence-electron chi connectivity index (χ0n) is 12.1. The first-order valence-corrected chi connectivity index (χ1v) is 8.10. The number of aliphatic hydroxyl groups is 1. The normalized spacial score (nSPS) is 12.9. The van der Waals surface area contributed by atoms with Gasteiger partial charge in [-0.15, -0.1) is 0 Å². The molecule has 0 spiro atoms. The summed E-state index contributed by atoms with van der Waals surface area (Å²) in [4.78, 5) is 0. The summed E-state index contributed by atoms with van der Waals surface area (Å²) in [5, 5.41) is 10.3. The number of halogens is 2. The topological polar surface area (TPSA) is 75.6 Å². The molecule has 0 heterocycles. The Kier molecular flexibility index (Phi) is 5.17. The summed E-state index contributed by atoms with van der Waals surface area (Å²) in [7, 11) is -3.23. The summed E-state index contributed by atoms with van der Waals surface area (Å²) in [5.41, 5.74) is 0.875. The van der Waals surface area contributed by atoms with Crippen molar-refractivity contribution < 1.29 is 27.0 Å². The number of rotatable bonds is 6. The Morgan fingerprint density at radius 3 is 2.30 bits per heavy atom. The largest absolute Gasteiger partial charge is 0.497 e. The summed E-state index contributed by atoms with van der Waals surface area (Å²) < 4.78 is 53.9. The van der Waals surface area contributed by atoms with E-state index in [1.165, 1.54) is 25.3 Å². The maximum Gasteiger partial charge on any atom is 0.355 e. The molecule has 2 rings (SSSR count). The second-order valence-electron chi connectivity index (χ2n) is 4.71. The van der Waals surface area contributed by atoms with E-state index in [9.17, 15) is 22.3 Å². The Morgan fingerprint density at radius 1 is 1.09 bits per heavy atom. The fraction of sp³-hybridized carbons (Fsp3) is 0.200. The molecule has 8 heteroatoms. The minimum absolute atomic E-state index is 0.0460. The molecule has 2 N–H and O–H groups in total. The Bertz CT molecular complexity index is 763. The van der Waals surface area contributed by atoms with Crippen molar-refractivity contribution in [3.63, 3.8) is 0 Å². The average Bonchev–Trinajstić information content (AvgIpc) is 2.54. The van der Waals surface area contributed by atoms with Crippen LogP contribution < -0.4 is 9.46 Å². The van der Waals surface area contributed by atoms with E-state index in [0.29, 0.717) is 16.9 Å². The zero-order chi connectivity index (χ0) is 17.0. The van der Waals surface area contributed by atoms with Gasteiger partial charge in [0.1, 0.15) is 11.9 Å².